The monoisotopic (exact) mass is 269 g/mol. The molecular formula is C13H16ClNOS. The first-order valence-corrected chi connectivity index (χ1v) is 7.44. The predicted molar refractivity (Wildman–Crippen MR) is 73.0 cm³/mol. The van der Waals surface area contributed by atoms with Crippen LogP contribution in [0.25, 0.3) is 0 Å². The minimum Gasteiger partial charge on any atom is -0.339 e. The average Bonchev–Trinajstić information content (AvgIpc) is 2.39. The van der Waals surface area contributed by atoms with E-state index in [1.54, 1.807) is 11.8 Å². The van der Waals surface area contributed by atoms with Crippen molar-refractivity contribution in [2.75, 3.05) is 19.3 Å². The minimum absolute atomic E-state index is 0.126. The Balaban J connectivity index is 2.03. The van der Waals surface area contributed by atoms with Gasteiger partial charge in [-0.1, -0.05) is 0 Å². The van der Waals surface area contributed by atoms with E-state index in [1.165, 1.54) is 4.90 Å². The molecule has 0 spiro atoms. The highest BCUT2D eigenvalue weighted by atomic mass is 35.5. The Morgan fingerprint density at radius 1 is 1.29 bits per heavy atom. The Kier molecular flexibility index (Phi) is 4.35. The van der Waals surface area contributed by atoms with Crippen molar-refractivity contribution in [1.29, 1.82) is 0 Å². The summed E-state index contributed by atoms with van der Waals surface area (Å²) in [5.74, 6) is 0.126. The molecule has 17 heavy (non-hydrogen) atoms. The van der Waals surface area contributed by atoms with E-state index in [1.807, 2.05) is 35.4 Å². The van der Waals surface area contributed by atoms with Crippen LogP contribution in [-0.2, 0) is 0 Å². The molecule has 1 aliphatic rings. The molecule has 0 atom stereocenters. The van der Waals surface area contributed by atoms with Crippen molar-refractivity contribution in [2.24, 2.45) is 0 Å². The average molecular weight is 270 g/mol. The van der Waals surface area contributed by atoms with Gasteiger partial charge in [-0.2, -0.15) is 0 Å². The lowest BCUT2D eigenvalue weighted by Crippen LogP contribution is -2.38. The Morgan fingerprint density at radius 2 is 1.88 bits per heavy atom. The molecule has 1 aromatic carbocycles. The predicted octanol–water partition coefficient (Wildman–Crippen LogP) is 3.25. The second kappa shape index (κ2) is 5.78. The van der Waals surface area contributed by atoms with Gasteiger partial charge in [0, 0.05) is 28.9 Å². The van der Waals surface area contributed by atoms with Crippen LogP contribution in [0.2, 0.25) is 0 Å². The van der Waals surface area contributed by atoms with Crippen LogP contribution in [0.5, 0.6) is 0 Å². The zero-order valence-corrected chi connectivity index (χ0v) is 11.4. The standard InChI is InChI=1S/C13H16ClNOS/c1-17-12-4-2-10(3-5-12)13(16)15-8-6-11(14)7-9-15/h2-5,11H,6-9H2,1H3. The lowest BCUT2D eigenvalue weighted by atomic mass is 10.1. The van der Waals surface area contributed by atoms with E-state index in [-0.39, 0.29) is 11.3 Å². The van der Waals surface area contributed by atoms with E-state index in [0.29, 0.717) is 0 Å². The third kappa shape index (κ3) is 3.17. The van der Waals surface area contributed by atoms with Crippen molar-refractivity contribution in [2.45, 2.75) is 23.1 Å². The maximum Gasteiger partial charge on any atom is 0.253 e. The zero-order valence-electron chi connectivity index (χ0n) is 9.86. The molecule has 2 nitrogen and oxygen atoms in total. The van der Waals surface area contributed by atoms with Gasteiger partial charge in [0.15, 0.2) is 0 Å². The number of halogens is 1. The number of amides is 1. The van der Waals surface area contributed by atoms with E-state index < -0.39 is 0 Å². The highest BCUT2D eigenvalue weighted by Crippen LogP contribution is 2.19. The van der Waals surface area contributed by atoms with Gasteiger partial charge in [0.1, 0.15) is 0 Å². The van der Waals surface area contributed by atoms with Crippen LogP contribution >= 0.6 is 23.4 Å². The molecule has 0 aromatic heterocycles. The first-order valence-electron chi connectivity index (χ1n) is 5.78. The fourth-order valence-electron chi connectivity index (χ4n) is 1.97. The lowest BCUT2D eigenvalue weighted by molar-refractivity contribution is 0.0726. The Hall–Kier alpha value is -0.670. The molecule has 1 amide bonds. The van der Waals surface area contributed by atoms with Crippen LogP contribution < -0.4 is 0 Å². The van der Waals surface area contributed by atoms with Gasteiger partial charge in [0.2, 0.25) is 0 Å². The maximum absolute atomic E-state index is 12.2. The third-order valence-corrected chi connectivity index (χ3v) is 4.23. The summed E-state index contributed by atoms with van der Waals surface area (Å²) in [6.07, 6.45) is 3.83. The summed E-state index contributed by atoms with van der Waals surface area (Å²) >= 11 is 7.71. The Morgan fingerprint density at radius 3 is 2.41 bits per heavy atom. The number of thioether (sulfide) groups is 1. The van der Waals surface area contributed by atoms with Gasteiger partial charge in [0.25, 0.3) is 5.91 Å². The number of carbonyl (C=O) groups excluding carboxylic acids is 1. The SMILES string of the molecule is CSc1ccc(C(=O)N2CCC(Cl)CC2)cc1. The smallest absolute Gasteiger partial charge is 0.253 e. The summed E-state index contributed by atoms with van der Waals surface area (Å²) in [4.78, 5) is 15.3. The van der Waals surface area contributed by atoms with Crippen LogP contribution in [-0.4, -0.2) is 35.5 Å². The third-order valence-electron chi connectivity index (χ3n) is 3.05. The van der Waals surface area contributed by atoms with Crippen molar-refractivity contribution in [3.05, 3.63) is 29.8 Å². The summed E-state index contributed by atoms with van der Waals surface area (Å²) in [6, 6.07) is 7.79. The number of alkyl halides is 1. The minimum atomic E-state index is 0.126. The van der Waals surface area contributed by atoms with Gasteiger partial charge in [-0.25, -0.2) is 0 Å². The summed E-state index contributed by atoms with van der Waals surface area (Å²) in [7, 11) is 0. The van der Waals surface area contributed by atoms with Gasteiger partial charge < -0.3 is 4.90 Å². The Bertz CT molecular complexity index is 385. The van der Waals surface area contributed by atoms with E-state index in [9.17, 15) is 4.79 Å². The van der Waals surface area contributed by atoms with Gasteiger partial charge in [-0.15, -0.1) is 23.4 Å². The molecule has 0 N–H and O–H groups in total. The highest BCUT2D eigenvalue weighted by molar-refractivity contribution is 7.98. The number of likely N-dealkylation sites (tertiary alicyclic amines) is 1. The fourth-order valence-corrected chi connectivity index (χ4v) is 2.57. The number of nitrogens with zero attached hydrogens (tertiary/aromatic N) is 1. The second-order valence-electron chi connectivity index (χ2n) is 4.20. The molecule has 92 valence electrons. The summed E-state index contributed by atoms with van der Waals surface area (Å²) in [5, 5.41) is 0.234. The van der Waals surface area contributed by atoms with Crippen molar-refractivity contribution >= 4 is 29.3 Å². The quantitative estimate of drug-likeness (QED) is 0.607. The molecular weight excluding hydrogens is 254 g/mol. The topological polar surface area (TPSA) is 20.3 Å². The highest BCUT2D eigenvalue weighted by Gasteiger charge is 2.22. The van der Waals surface area contributed by atoms with E-state index in [4.69, 9.17) is 11.6 Å². The number of benzene rings is 1. The summed E-state index contributed by atoms with van der Waals surface area (Å²) in [6.45, 7) is 1.55. The van der Waals surface area contributed by atoms with E-state index in [0.717, 1.165) is 31.5 Å². The van der Waals surface area contributed by atoms with E-state index >= 15 is 0 Å². The summed E-state index contributed by atoms with van der Waals surface area (Å²) in [5.41, 5.74) is 0.774. The molecule has 1 fully saturated rings. The maximum atomic E-state index is 12.2. The van der Waals surface area contributed by atoms with Gasteiger partial charge in [0.05, 0.1) is 0 Å². The summed E-state index contributed by atoms with van der Waals surface area (Å²) < 4.78 is 0. The molecule has 1 saturated heterocycles. The number of hydrogen-bond acceptors (Lipinski definition) is 2. The number of piperidine rings is 1. The number of hydrogen-bond donors (Lipinski definition) is 0. The largest absolute Gasteiger partial charge is 0.339 e. The van der Waals surface area contributed by atoms with Crippen molar-refractivity contribution in [3.8, 4) is 0 Å². The fraction of sp³-hybridized carbons (Fsp3) is 0.462. The van der Waals surface area contributed by atoms with Crippen molar-refractivity contribution < 1.29 is 4.79 Å². The molecule has 0 saturated carbocycles. The van der Waals surface area contributed by atoms with Crippen molar-refractivity contribution in [1.82, 2.24) is 4.90 Å². The second-order valence-corrected chi connectivity index (χ2v) is 5.69. The molecule has 0 bridgehead atoms. The van der Waals surface area contributed by atoms with Gasteiger partial charge in [-0.3, -0.25) is 4.79 Å². The number of carbonyl (C=O) groups is 1. The van der Waals surface area contributed by atoms with Crippen LogP contribution in [0.3, 0.4) is 0 Å². The molecule has 1 aliphatic heterocycles. The lowest BCUT2D eigenvalue weighted by Gasteiger charge is -2.29. The number of rotatable bonds is 2. The van der Waals surface area contributed by atoms with Crippen LogP contribution in [0.15, 0.2) is 29.2 Å². The first-order chi connectivity index (χ1) is 8.20. The molecule has 0 aliphatic carbocycles. The molecule has 0 radical (unpaired) electrons. The van der Waals surface area contributed by atoms with Gasteiger partial charge >= 0.3 is 0 Å². The van der Waals surface area contributed by atoms with Gasteiger partial charge in [-0.05, 0) is 43.4 Å². The van der Waals surface area contributed by atoms with Crippen LogP contribution in [0, 0.1) is 0 Å². The van der Waals surface area contributed by atoms with Crippen LogP contribution in [0.4, 0.5) is 0 Å². The molecule has 2 rings (SSSR count). The Labute approximate surface area is 111 Å². The normalized spacial score (nSPS) is 17.2. The molecule has 1 aromatic rings. The first kappa shape index (κ1) is 12.8. The van der Waals surface area contributed by atoms with Crippen LogP contribution in [0.1, 0.15) is 23.2 Å². The molecule has 0 unspecified atom stereocenters. The molecule has 4 heteroatoms. The molecule has 1 heterocycles. The van der Waals surface area contributed by atoms with E-state index in [2.05, 4.69) is 0 Å². The zero-order chi connectivity index (χ0) is 12.3. The van der Waals surface area contributed by atoms with Crippen molar-refractivity contribution in [3.63, 3.8) is 0 Å².